The average molecular weight is 429 g/mol. The summed E-state index contributed by atoms with van der Waals surface area (Å²) in [4.78, 5) is 12.2. The molecule has 2 aromatic carbocycles. The highest BCUT2D eigenvalue weighted by molar-refractivity contribution is 7.92. The number of anilines is 1. The highest BCUT2D eigenvalue weighted by Gasteiger charge is 2.21. The lowest BCUT2D eigenvalue weighted by Crippen LogP contribution is -2.41. The first-order chi connectivity index (χ1) is 13.1. The molecule has 0 spiro atoms. The summed E-state index contributed by atoms with van der Waals surface area (Å²) >= 11 is 5.71. The number of carbonyl (C=O) groups is 1. The van der Waals surface area contributed by atoms with Crippen LogP contribution >= 0.6 is 11.6 Å². The predicted octanol–water partition coefficient (Wildman–Crippen LogP) is 3.06. The van der Waals surface area contributed by atoms with Gasteiger partial charge in [-0.15, -0.1) is 0 Å². The molecule has 152 valence electrons. The van der Waals surface area contributed by atoms with E-state index in [4.69, 9.17) is 16.3 Å². The molecule has 0 heterocycles. The van der Waals surface area contributed by atoms with Gasteiger partial charge in [-0.1, -0.05) is 17.7 Å². The topological polar surface area (TPSA) is 75.7 Å². The van der Waals surface area contributed by atoms with Crippen molar-refractivity contribution in [3.8, 4) is 5.75 Å². The molecule has 0 fully saturated rings. The number of carbonyl (C=O) groups excluding carboxylic acids is 1. The minimum Gasteiger partial charge on any atom is -0.492 e. The summed E-state index contributed by atoms with van der Waals surface area (Å²) in [5.74, 6) is -0.502. The second-order valence-corrected chi connectivity index (χ2v) is 8.63. The predicted molar refractivity (Wildman–Crippen MR) is 108 cm³/mol. The molecule has 2 rings (SSSR count). The van der Waals surface area contributed by atoms with Gasteiger partial charge in [0.05, 0.1) is 23.5 Å². The fourth-order valence-corrected chi connectivity index (χ4v) is 3.41. The first-order valence-corrected chi connectivity index (χ1v) is 10.7. The molecule has 0 aromatic heterocycles. The zero-order chi connectivity index (χ0) is 20.9. The molecule has 0 aliphatic heterocycles. The van der Waals surface area contributed by atoms with Crippen LogP contribution in [0.2, 0.25) is 5.02 Å². The Hall–Kier alpha value is -2.32. The molecule has 9 heteroatoms. The molecule has 0 atom stereocenters. The average Bonchev–Trinajstić information content (AvgIpc) is 2.61. The van der Waals surface area contributed by atoms with Crippen LogP contribution in [0.1, 0.15) is 11.1 Å². The van der Waals surface area contributed by atoms with Gasteiger partial charge in [-0.2, -0.15) is 0 Å². The van der Waals surface area contributed by atoms with Crippen LogP contribution in [0.4, 0.5) is 10.1 Å². The molecule has 1 N–H and O–H groups in total. The van der Waals surface area contributed by atoms with Crippen LogP contribution in [-0.2, 0) is 14.8 Å². The smallest absolute Gasteiger partial charge is 0.240 e. The van der Waals surface area contributed by atoms with Crippen molar-refractivity contribution in [2.75, 3.05) is 30.3 Å². The number of halogens is 2. The van der Waals surface area contributed by atoms with E-state index >= 15 is 0 Å². The second kappa shape index (κ2) is 9.25. The van der Waals surface area contributed by atoms with E-state index in [1.807, 2.05) is 32.0 Å². The van der Waals surface area contributed by atoms with Gasteiger partial charge in [0, 0.05) is 0 Å². The Bertz CT molecular complexity index is 966. The molecule has 1 amide bonds. The third kappa shape index (κ3) is 6.10. The summed E-state index contributed by atoms with van der Waals surface area (Å²) in [6.45, 7) is 3.96. The molecule has 0 aliphatic carbocycles. The van der Waals surface area contributed by atoms with Gasteiger partial charge < -0.3 is 10.1 Å². The van der Waals surface area contributed by atoms with Crippen LogP contribution in [0.25, 0.3) is 0 Å². The summed E-state index contributed by atoms with van der Waals surface area (Å²) in [5.41, 5.74) is 2.36. The zero-order valence-corrected chi connectivity index (χ0v) is 17.4. The van der Waals surface area contributed by atoms with Crippen molar-refractivity contribution in [3.63, 3.8) is 0 Å². The largest absolute Gasteiger partial charge is 0.492 e. The van der Waals surface area contributed by atoms with Gasteiger partial charge >= 0.3 is 0 Å². The maximum absolute atomic E-state index is 13.3. The first kappa shape index (κ1) is 22.0. The Labute approximate surface area is 169 Å². The van der Waals surface area contributed by atoms with E-state index < -0.39 is 28.3 Å². The SMILES string of the molecule is Cc1ccc(OCCNC(=O)CN(c2ccc(F)c(Cl)c2)S(C)(=O)=O)cc1C. The number of ether oxygens (including phenoxy) is 1. The lowest BCUT2D eigenvalue weighted by atomic mass is 10.1. The summed E-state index contributed by atoms with van der Waals surface area (Å²) in [6, 6.07) is 9.15. The van der Waals surface area contributed by atoms with E-state index in [2.05, 4.69) is 5.32 Å². The van der Waals surface area contributed by atoms with Crippen LogP contribution in [0, 0.1) is 19.7 Å². The van der Waals surface area contributed by atoms with E-state index in [1.54, 1.807) is 0 Å². The summed E-state index contributed by atoms with van der Waals surface area (Å²) in [7, 11) is -3.76. The number of rotatable bonds is 8. The third-order valence-electron chi connectivity index (χ3n) is 4.05. The number of hydrogen-bond acceptors (Lipinski definition) is 4. The lowest BCUT2D eigenvalue weighted by molar-refractivity contribution is -0.119. The molecular formula is C19H22ClFN2O4S. The second-order valence-electron chi connectivity index (χ2n) is 6.31. The van der Waals surface area contributed by atoms with Crippen molar-refractivity contribution in [1.82, 2.24) is 5.32 Å². The van der Waals surface area contributed by atoms with Crippen molar-refractivity contribution < 1.29 is 22.3 Å². The van der Waals surface area contributed by atoms with Gasteiger partial charge in [0.2, 0.25) is 15.9 Å². The van der Waals surface area contributed by atoms with Crippen LogP contribution in [0.3, 0.4) is 0 Å². The Morgan fingerprint density at radius 1 is 1.18 bits per heavy atom. The fourth-order valence-electron chi connectivity index (χ4n) is 2.39. The standard InChI is InChI=1S/C19H22ClFN2O4S/c1-13-4-6-16(10-14(13)2)27-9-8-22-19(24)12-23(28(3,25)26)15-5-7-18(21)17(20)11-15/h4-7,10-11H,8-9,12H2,1-3H3,(H,22,24). The fraction of sp³-hybridized carbons (Fsp3) is 0.316. The molecule has 28 heavy (non-hydrogen) atoms. The molecule has 0 saturated carbocycles. The number of hydrogen-bond donors (Lipinski definition) is 1. The van der Waals surface area contributed by atoms with Gasteiger partial charge in [-0.25, -0.2) is 12.8 Å². The van der Waals surface area contributed by atoms with Gasteiger partial charge in [0.25, 0.3) is 0 Å². The molecule has 0 aliphatic rings. The summed E-state index contributed by atoms with van der Waals surface area (Å²) < 4.78 is 43.8. The molecular weight excluding hydrogens is 407 g/mol. The van der Waals surface area contributed by atoms with E-state index in [9.17, 15) is 17.6 Å². The Kier molecular flexibility index (Phi) is 7.26. The van der Waals surface area contributed by atoms with Gasteiger partial charge in [-0.05, 0) is 55.3 Å². The van der Waals surface area contributed by atoms with Crippen molar-refractivity contribution in [2.24, 2.45) is 0 Å². The normalized spacial score (nSPS) is 11.2. The van der Waals surface area contributed by atoms with Crippen molar-refractivity contribution in [1.29, 1.82) is 0 Å². The molecule has 0 radical (unpaired) electrons. The number of benzene rings is 2. The summed E-state index contributed by atoms with van der Waals surface area (Å²) in [5, 5.41) is 2.37. The lowest BCUT2D eigenvalue weighted by Gasteiger charge is -2.22. The Morgan fingerprint density at radius 2 is 1.89 bits per heavy atom. The summed E-state index contributed by atoms with van der Waals surface area (Å²) in [6.07, 6.45) is 0.959. The van der Waals surface area contributed by atoms with E-state index in [0.29, 0.717) is 5.75 Å². The van der Waals surface area contributed by atoms with E-state index in [1.165, 1.54) is 6.07 Å². The van der Waals surface area contributed by atoms with Crippen molar-refractivity contribution >= 4 is 33.2 Å². The molecule has 0 bridgehead atoms. The molecule has 0 saturated heterocycles. The van der Waals surface area contributed by atoms with Gasteiger partial charge in [0.15, 0.2) is 0 Å². The van der Waals surface area contributed by atoms with Crippen LogP contribution < -0.4 is 14.4 Å². The monoisotopic (exact) mass is 428 g/mol. The minimum atomic E-state index is -3.76. The molecule has 2 aromatic rings. The number of nitrogens with one attached hydrogen (secondary N) is 1. The number of nitrogens with zero attached hydrogens (tertiary/aromatic N) is 1. The number of aryl methyl sites for hydroxylation is 2. The van der Waals surface area contributed by atoms with Gasteiger partial charge in [0.1, 0.15) is 24.7 Å². The van der Waals surface area contributed by atoms with E-state index in [0.717, 1.165) is 33.8 Å². The maximum atomic E-state index is 13.3. The molecule has 0 unspecified atom stereocenters. The van der Waals surface area contributed by atoms with Crippen LogP contribution in [-0.4, -0.2) is 40.3 Å². The first-order valence-electron chi connectivity index (χ1n) is 8.47. The Morgan fingerprint density at radius 3 is 2.50 bits per heavy atom. The number of amides is 1. The van der Waals surface area contributed by atoms with Gasteiger partial charge in [-0.3, -0.25) is 9.10 Å². The minimum absolute atomic E-state index is 0.107. The highest BCUT2D eigenvalue weighted by atomic mass is 35.5. The van der Waals surface area contributed by atoms with Crippen LogP contribution in [0.5, 0.6) is 5.75 Å². The third-order valence-corrected chi connectivity index (χ3v) is 5.48. The Balaban J connectivity index is 1.93. The van der Waals surface area contributed by atoms with E-state index in [-0.39, 0.29) is 23.9 Å². The number of sulfonamides is 1. The van der Waals surface area contributed by atoms with Crippen LogP contribution in [0.15, 0.2) is 36.4 Å². The highest BCUT2D eigenvalue weighted by Crippen LogP contribution is 2.24. The van der Waals surface area contributed by atoms with Crippen molar-refractivity contribution in [3.05, 3.63) is 58.4 Å². The van der Waals surface area contributed by atoms with Crippen molar-refractivity contribution in [2.45, 2.75) is 13.8 Å². The maximum Gasteiger partial charge on any atom is 0.240 e. The zero-order valence-electron chi connectivity index (χ0n) is 15.8. The molecule has 6 nitrogen and oxygen atoms in total. The quantitative estimate of drug-likeness (QED) is 0.655.